The van der Waals surface area contributed by atoms with Crippen LogP contribution in [0.3, 0.4) is 0 Å². The number of amides is 10. The molecule has 10 atom stereocenters. The van der Waals surface area contributed by atoms with Crippen LogP contribution in [-0.4, -0.2) is 174 Å². The third-order valence-corrected chi connectivity index (χ3v) is 17.2. The molecule has 0 saturated carbocycles. The van der Waals surface area contributed by atoms with Crippen molar-refractivity contribution >= 4 is 99.3 Å². The molecule has 4 bridgehead atoms. The minimum Gasteiger partial charge on any atom is -0.495 e. The second kappa shape index (κ2) is 30.6. The second-order valence-corrected chi connectivity index (χ2v) is 24.3. The van der Waals surface area contributed by atoms with Gasteiger partial charge in [0.25, 0.3) is 17.7 Å². The lowest BCUT2D eigenvalue weighted by Gasteiger charge is -2.42. The van der Waals surface area contributed by atoms with Gasteiger partial charge in [0.1, 0.15) is 52.8 Å². The molecule has 3 fully saturated rings. The normalized spacial score (nSPS) is 24.3. The molecular weight excluding hydrogens is 1220 g/mol. The Labute approximate surface area is 536 Å². The lowest BCUT2D eigenvalue weighted by atomic mass is 9.83. The van der Waals surface area contributed by atoms with Crippen LogP contribution in [0.2, 0.25) is 5.02 Å². The summed E-state index contributed by atoms with van der Waals surface area (Å²) in [6.07, 6.45) is 1.34. The average molecular weight is 1300 g/mol. The number of hydrogen-bond donors (Lipinski definition) is 7. The van der Waals surface area contributed by atoms with Gasteiger partial charge < -0.3 is 70.4 Å². The summed E-state index contributed by atoms with van der Waals surface area (Å²) in [5.74, 6) is -7.04. The number of carbonyl (C=O) groups is 11. The van der Waals surface area contributed by atoms with Gasteiger partial charge in [-0.15, -0.1) is 5.06 Å². The van der Waals surface area contributed by atoms with Crippen molar-refractivity contribution in [2.45, 2.75) is 166 Å². The van der Waals surface area contributed by atoms with E-state index < -0.39 is 138 Å². The van der Waals surface area contributed by atoms with E-state index in [0.717, 1.165) is 16.0 Å². The number of esters is 1. The highest BCUT2D eigenvalue weighted by molar-refractivity contribution is 6.35. The number of hydrogen-bond acceptors (Lipinski definition) is 19. The van der Waals surface area contributed by atoms with E-state index in [2.05, 4.69) is 31.6 Å². The molecule has 5 heterocycles. The zero-order chi connectivity index (χ0) is 67.5. The van der Waals surface area contributed by atoms with Gasteiger partial charge in [-0.25, -0.2) is 19.2 Å². The van der Waals surface area contributed by atoms with Crippen LogP contribution in [0, 0.1) is 11.8 Å². The molecule has 3 saturated heterocycles. The predicted octanol–water partition coefficient (Wildman–Crippen LogP) is 4.56. The van der Waals surface area contributed by atoms with Gasteiger partial charge in [0, 0.05) is 82.9 Å². The molecule has 4 aliphatic rings. The number of methoxy groups -OCH3 is 2. The molecule has 0 aliphatic carbocycles. The van der Waals surface area contributed by atoms with Crippen LogP contribution >= 0.6 is 11.6 Å². The van der Waals surface area contributed by atoms with Crippen LogP contribution in [0.1, 0.15) is 122 Å². The summed E-state index contributed by atoms with van der Waals surface area (Å²) < 4.78 is 29.7. The van der Waals surface area contributed by atoms with Crippen LogP contribution < -0.4 is 42.0 Å². The van der Waals surface area contributed by atoms with Crippen molar-refractivity contribution in [3.8, 4) is 5.75 Å². The van der Waals surface area contributed by atoms with Crippen LogP contribution in [0.25, 0.3) is 10.9 Å². The number of carbonyl (C=O) groups excluding carboxylic acids is 11. The number of allylic oxidation sites excluding steroid dienone is 3. The molecule has 7 rings (SSSR count). The number of urea groups is 1. The van der Waals surface area contributed by atoms with Crippen molar-refractivity contribution in [1.29, 1.82) is 0 Å². The first-order chi connectivity index (χ1) is 43.5. The summed E-state index contributed by atoms with van der Waals surface area (Å²) in [5.41, 5.74) is 4.15. The number of epoxide rings is 1. The van der Waals surface area contributed by atoms with Gasteiger partial charge >= 0.3 is 24.1 Å². The standard InChI is InChI=1S/C63H81ClN10O18/c1-33(2)53(70-47(75)20-11-12-21-51(79)92-74-48(76)24-25-49(74)77)57(81)69-41(18-15-27-67-60(65)84)56(80)68-40-23-22-39(38-17-14-26-66-54(38)40)58(82)72(7)36(5)59(83)90-46-31-50(78)73(8)42-29-37(30-43(87-9)52(42)64)28-34(3)16-13-19-45(88-10)63(86)32-44(89-61(85)71-63)35(4)55-62(46,6)91-55/h13-14,16-17,19,22-23,26,29-30,33,35-36,41,44-46,53,55,86H,11-12,15,18,20-21,24-25,27-28,31-32H2,1-10H3,(H,68,80)(H,69,81)(H,70,75)(H,71,85)(H3,65,67,84)/b19-13+,34-16+/t35-,36+,41+,44+,45-,46+,53+,55+,62+,63+/m1/s1. The number of nitrogens with zero attached hydrogens (tertiary/aromatic N) is 4. The number of fused-ring (bicyclic) bond motifs is 6. The van der Waals surface area contributed by atoms with Gasteiger partial charge in [0.2, 0.25) is 23.6 Å². The predicted molar refractivity (Wildman–Crippen MR) is 332 cm³/mol. The molecule has 29 heteroatoms. The fraction of sp³-hybridized carbons (Fsp3) is 0.524. The molecule has 0 unspecified atom stereocenters. The number of pyridine rings is 1. The number of aliphatic hydroxyl groups is 1. The molecular formula is C63H81ClN10O18. The number of imide groups is 1. The Bertz CT molecular complexity index is 3400. The van der Waals surface area contributed by atoms with Crippen LogP contribution in [0.4, 0.5) is 21.0 Å². The van der Waals surface area contributed by atoms with E-state index in [1.54, 1.807) is 64.1 Å². The van der Waals surface area contributed by atoms with Crippen molar-refractivity contribution in [3.63, 3.8) is 0 Å². The number of ether oxygens (including phenoxy) is 5. The molecule has 92 heavy (non-hydrogen) atoms. The molecule has 498 valence electrons. The molecule has 0 spiro atoms. The number of nitrogens with two attached hydrogens (primary N) is 1. The molecule has 8 N–H and O–H groups in total. The van der Waals surface area contributed by atoms with Crippen molar-refractivity contribution in [1.82, 2.24) is 36.2 Å². The fourth-order valence-corrected chi connectivity index (χ4v) is 11.5. The third-order valence-electron chi connectivity index (χ3n) is 16.8. The minimum absolute atomic E-state index is 0.0286. The van der Waals surface area contributed by atoms with Gasteiger partial charge in [0.15, 0.2) is 5.72 Å². The van der Waals surface area contributed by atoms with E-state index in [0.29, 0.717) is 22.9 Å². The minimum atomic E-state index is -1.94. The van der Waals surface area contributed by atoms with E-state index in [-0.39, 0.29) is 91.5 Å². The summed E-state index contributed by atoms with van der Waals surface area (Å²) in [4.78, 5) is 158. The summed E-state index contributed by atoms with van der Waals surface area (Å²) in [6.45, 7) is 10.1. The van der Waals surface area contributed by atoms with Crippen molar-refractivity contribution in [2.24, 2.45) is 17.6 Å². The topological polar surface area (TPSA) is 375 Å². The maximum Gasteiger partial charge on any atom is 0.409 e. The molecule has 10 amide bonds. The van der Waals surface area contributed by atoms with Crippen LogP contribution in [0.15, 0.2) is 66.4 Å². The lowest BCUT2D eigenvalue weighted by Crippen LogP contribution is -2.63. The molecule has 2 aromatic carbocycles. The van der Waals surface area contributed by atoms with Gasteiger partial charge in [-0.2, -0.15) is 0 Å². The number of primary amides is 1. The van der Waals surface area contributed by atoms with E-state index in [9.17, 15) is 57.8 Å². The first-order valence-corrected chi connectivity index (χ1v) is 30.6. The van der Waals surface area contributed by atoms with E-state index in [1.807, 2.05) is 13.0 Å². The highest BCUT2D eigenvalue weighted by atomic mass is 35.5. The number of nitrogens with one attached hydrogen (secondary N) is 5. The number of rotatable bonds is 22. The fourth-order valence-electron chi connectivity index (χ4n) is 11.2. The van der Waals surface area contributed by atoms with Crippen LogP contribution in [-0.2, 0) is 68.6 Å². The van der Waals surface area contributed by atoms with Gasteiger partial charge in [0.05, 0.1) is 36.5 Å². The summed E-state index contributed by atoms with van der Waals surface area (Å²) >= 11 is 6.87. The lowest BCUT2D eigenvalue weighted by molar-refractivity contribution is -0.197. The van der Waals surface area contributed by atoms with Crippen LogP contribution in [0.5, 0.6) is 5.75 Å². The maximum absolute atomic E-state index is 14.7. The number of benzene rings is 2. The Morgan fingerprint density at radius 2 is 1.67 bits per heavy atom. The van der Waals surface area contributed by atoms with Crippen molar-refractivity contribution in [3.05, 3.63) is 82.5 Å². The zero-order valence-corrected chi connectivity index (χ0v) is 53.8. The van der Waals surface area contributed by atoms with E-state index in [4.69, 9.17) is 45.9 Å². The molecule has 0 radical (unpaired) electrons. The molecule has 1 aromatic heterocycles. The zero-order valence-electron chi connectivity index (χ0n) is 53.1. The second-order valence-electron chi connectivity index (χ2n) is 23.9. The number of alkyl carbamates (subject to hydrolysis) is 1. The first-order valence-electron chi connectivity index (χ1n) is 30.2. The Balaban J connectivity index is 1.08. The summed E-state index contributed by atoms with van der Waals surface area (Å²) in [7, 11) is 5.73. The quantitative estimate of drug-likeness (QED) is 0.0314. The largest absolute Gasteiger partial charge is 0.495 e. The Morgan fingerprint density at radius 3 is 2.35 bits per heavy atom. The van der Waals surface area contributed by atoms with E-state index >= 15 is 0 Å². The SMILES string of the molecule is COc1cc2cc(c1Cl)N(C)C(=O)C[C@H](OC(=O)[C@H](C)N(C)C(=O)c1ccc(NC(=O)[C@H](CCCNC(N)=O)NC(=O)[C@@H](NC(=O)CCCCC(=O)ON3C(=O)CCC3=O)C(C)C)c3ncccc13)[C@]1(C)O[C@H]1[C@H](C)[C@@H]1C[C@@](O)(NC(=O)O1)[C@H](OC)/C=C/C=C(\C)C2. The van der Waals surface area contributed by atoms with Gasteiger partial charge in [-0.1, -0.05) is 62.2 Å². The first kappa shape index (κ1) is 70.7. The molecule has 3 aromatic rings. The Morgan fingerprint density at radius 1 is 0.967 bits per heavy atom. The highest BCUT2D eigenvalue weighted by Crippen LogP contribution is 2.49. The Hall–Kier alpha value is -8.73. The third kappa shape index (κ3) is 17.0. The highest BCUT2D eigenvalue weighted by Gasteiger charge is 2.64. The van der Waals surface area contributed by atoms with E-state index in [1.165, 1.54) is 58.5 Å². The number of likely N-dealkylation sites (N-methyl/N-ethyl adjacent to an activating group) is 1. The van der Waals surface area contributed by atoms with Crippen molar-refractivity contribution < 1.29 is 86.4 Å². The smallest absolute Gasteiger partial charge is 0.409 e. The summed E-state index contributed by atoms with van der Waals surface area (Å²) in [5, 5.41) is 26.0. The van der Waals surface area contributed by atoms with Crippen molar-refractivity contribution in [2.75, 3.05) is 45.1 Å². The molecule has 28 nitrogen and oxygen atoms in total. The van der Waals surface area contributed by atoms with Gasteiger partial charge in [-0.05, 0) is 94.7 Å². The number of halogens is 1. The number of hydroxylamine groups is 2. The monoisotopic (exact) mass is 1300 g/mol. The number of aromatic nitrogens is 1. The number of unbranched alkanes of at least 4 members (excludes halogenated alkanes) is 1. The Kier molecular flexibility index (Phi) is 23.5. The van der Waals surface area contributed by atoms with Gasteiger partial charge in [-0.3, -0.25) is 43.9 Å². The molecule has 4 aliphatic heterocycles. The maximum atomic E-state index is 14.7. The summed E-state index contributed by atoms with van der Waals surface area (Å²) in [6, 6.07) is 4.93. The number of anilines is 2. The average Bonchev–Trinajstić information content (AvgIpc) is 1.57.